The fourth-order valence-electron chi connectivity index (χ4n) is 4.50. The van der Waals surface area contributed by atoms with Crippen LogP contribution in [0.5, 0.6) is 5.75 Å². The summed E-state index contributed by atoms with van der Waals surface area (Å²) >= 11 is 1.62. The summed E-state index contributed by atoms with van der Waals surface area (Å²) < 4.78 is 5.37. The summed E-state index contributed by atoms with van der Waals surface area (Å²) in [5.74, 6) is 0.551. The molecule has 2 aromatic carbocycles. The van der Waals surface area contributed by atoms with Gasteiger partial charge >= 0.3 is 6.03 Å². The summed E-state index contributed by atoms with van der Waals surface area (Å²) in [6.45, 7) is 2.34. The van der Waals surface area contributed by atoms with Crippen LogP contribution in [0, 0.1) is 0 Å². The molecule has 1 atom stereocenters. The van der Waals surface area contributed by atoms with E-state index >= 15 is 0 Å². The van der Waals surface area contributed by atoms with E-state index < -0.39 is 5.54 Å². The molecule has 1 saturated heterocycles. The molecule has 0 saturated carbocycles. The van der Waals surface area contributed by atoms with Crippen molar-refractivity contribution in [1.29, 1.82) is 0 Å². The number of carbonyl (C=O) groups excluding carboxylic acids is 2. The average Bonchev–Trinajstić information content (AvgIpc) is 3.21. The maximum atomic E-state index is 13.6. The zero-order valence-corrected chi connectivity index (χ0v) is 17.3. The summed E-state index contributed by atoms with van der Waals surface area (Å²) in [7, 11) is 1.64. The van der Waals surface area contributed by atoms with Gasteiger partial charge in [-0.1, -0.05) is 0 Å². The Morgan fingerprint density at radius 1 is 1.14 bits per heavy atom. The van der Waals surface area contributed by atoms with Gasteiger partial charge in [0.05, 0.1) is 18.5 Å². The Labute approximate surface area is 172 Å². The number of thioether (sulfide) groups is 1. The largest absolute Gasteiger partial charge is 0.497 e. The van der Waals surface area contributed by atoms with Gasteiger partial charge in [0.25, 0.3) is 5.91 Å². The smallest absolute Gasteiger partial charge is 0.332 e. The summed E-state index contributed by atoms with van der Waals surface area (Å²) in [5.41, 5.74) is 2.39. The monoisotopic (exact) mass is 407 g/mol. The molecule has 3 heterocycles. The molecule has 1 fully saturated rings. The number of methoxy groups -OCH3 is 1. The topological polar surface area (TPSA) is 65.6 Å². The van der Waals surface area contributed by atoms with Crippen LogP contribution in [-0.2, 0) is 16.8 Å². The van der Waals surface area contributed by atoms with E-state index in [1.807, 2.05) is 55.6 Å². The molecule has 2 aliphatic heterocycles. The predicted octanol–water partition coefficient (Wildman–Crippen LogP) is 4.14. The number of ether oxygens (including phenoxy) is 1. The number of rotatable bonds is 3. The van der Waals surface area contributed by atoms with Crippen molar-refractivity contribution in [3.63, 3.8) is 0 Å². The molecule has 0 aliphatic carbocycles. The molecule has 0 bridgehead atoms. The molecule has 148 valence electrons. The van der Waals surface area contributed by atoms with Crippen molar-refractivity contribution in [1.82, 2.24) is 9.88 Å². The number of amides is 3. The van der Waals surface area contributed by atoms with Gasteiger partial charge in [-0.3, -0.25) is 4.79 Å². The lowest BCUT2D eigenvalue weighted by atomic mass is 9.87. The molecule has 0 radical (unpaired) electrons. The first-order chi connectivity index (χ1) is 14.0. The first-order valence-corrected chi connectivity index (χ1v) is 10.7. The second-order valence-corrected chi connectivity index (χ2v) is 8.36. The molecular weight excluding hydrogens is 386 g/mol. The normalized spacial score (nSPS) is 20.9. The lowest BCUT2D eigenvalue weighted by Gasteiger charge is -2.35. The van der Waals surface area contributed by atoms with E-state index in [2.05, 4.69) is 4.98 Å². The summed E-state index contributed by atoms with van der Waals surface area (Å²) in [6.07, 6.45) is 2.69. The molecule has 2 aliphatic rings. The number of nitrogens with zero attached hydrogens (tertiary/aromatic N) is 2. The Morgan fingerprint density at radius 3 is 2.59 bits per heavy atom. The number of benzene rings is 2. The Morgan fingerprint density at radius 2 is 1.90 bits per heavy atom. The van der Waals surface area contributed by atoms with E-state index in [9.17, 15) is 9.59 Å². The quantitative estimate of drug-likeness (QED) is 0.524. The highest BCUT2D eigenvalue weighted by Gasteiger charge is 2.59. The zero-order chi connectivity index (χ0) is 20.3. The fourth-order valence-corrected chi connectivity index (χ4v) is 4.91. The minimum absolute atomic E-state index is 0.223. The average molecular weight is 407 g/mol. The molecular formula is C22H21N3O3S. The number of urea groups is 1. The van der Waals surface area contributed by atoms with E-state index in [-0.39, 0.29) is 11.9 Å². The summed E-state index contributed by atoms with van der Waals surface area (Å²) in [5, 5.41) is 1.04. The van der Waals surface area contributed by atoms with E-state index in [0.29, 0.717) is 18.7 Å². The summed E-state index contributed by atoms with van der Waals surface area (Å²) in [4.78, 5) is 34.3. The van der Waals surface area contributed by atoms with Crippen LogP contribution >= 0.6 is 11.8 Å². The standard InChI is InChI=1S/C22H21N3O3S/c1-22-19-16(17-12-14(28-2)6-9-18(17)23-19)10-11-24(22)21(27)25(20(22)26)13-4-7-15(29-3)8-5-13/h4-9,12,23H,10-11H2,1-3H3. The highest BCUT2D eigenvalue weighted by molar-refractivity contribution is 7.98. The fraction of sp³-hybridized carbons (Fsp3) is 0.273. The third-order valence-electron chi connectivity index (χ3n) is 6.10. The first kappa shape index (κ1) is 18.1. The number of carbonyl (C=O) groups is 2. The number of anilines is 1. The number of aromatic nitrogens is 1. The number of imide groups is 1. The van der Waals surface area contributed by atoms with E-state index in [0.717, 1.165) is 32.8 Å². The Hall–Kier alpha value is -2.93. The number of aromatic amines is 1. The van der Waals surface area contributed by atoms with Gasteiger partial charge in [0.1, 0.15) is 5.75 Å². The van der Waals surface area contributed by atoms with E-state index in [1.54, 1.807) is 23.8 Å². The highest BCUT2D eigenvalue weighted by atomic mass is 32.2. The molecule has 1 aromatic heterocycles. The van der Waals surface area contributed by atoms with E-state index in [4.69, 9.17) is 4.74 Å². The summed E-state index contributed by atoms with van der Waals surface area (Å²) in [6, 6.07) is 13.1. The first-order valence-electron chi connectivity index (χ1n) is 9.48. The number of hydrogen-bond acceptors (Lipinski definition) is 4. The molecule has 6 nitrogen and oxygen atoms in total. The van der Waals surface area contributed by atoms with Gasteiger partial charge in [-0.15, -0.1) is 11.8 Å². The van der Waals surface area contributed by atoms with Crippen LogP contribution in [0.15, 0.2) is 47.4 Å². The van der Waals surface area contributed by atoms with Crippen molar-refractivity contribution in [2.24, 2.45) is 0 Å². The van der Waals surface area contributed by atoms with Gasteiger partial charge in [0, 0.05) is 22.3 Å². The molecule has 29 heavy (non-hydrogen) atoms. The second-order valence-electron chi connectivity index (χ2n) is 7.49. The number of nitrogens with one attached hydrogen (secondary N) is 1. The molecule has 0 spiro atoms. The second kappa shape index (κ2) is 6.29. The minimum Gasteiger partial charge on any atom is -0.497 e. The Bertz CT molecular complexity index is 1150. The van der Waals surface area contributed by atoms with Crippen molar-refractivity contribution < 1.29 is 14.3 Å². The predicted molar refractivity (Wildman–Crippen MR) is 114 cm³/mol. The lowest BCUT2D eigenvalue weighted by molar-refractivity contribution is -0.125. The van der Waals surface area contributed by atoms with Crippen molar-refractivity contribution in [3.8, 4) is 5.75 Å². The third kappa shape index (κ3) is 2.37. The molecule has 3 amide bonds. The van der Waals surface area contributed by atoms with Crippen LogP contribution in [0.1, 0.15) is 18.2 Å². The van der Waals surface area contributed by atoms with Crippen LogP contribution in [0.2, 0.25) is 0 Å². The number of fused-ring (bicyclic) bond motifs is 5. The SMILES string of the molecule is COc1ccc2[nH]c3c(c2c1)CCN1C(=O)N(c2ccc(SC)cc2)C(=O)C31C. The van der Waals surface area contributed by atoms with Gasteiger partial charge in [-0.05, 0) is 67.6 Å². The maximum Gasteiger partial charge on any atom is 0.332 e. The van der Waals surface area contributed by atoms with Gasteiger partial charge in [0.15, 0.2) is 5.54 Å². The molecule has 5 rings (SSSR count). The van der Waals surface area contributed by atoms with Crippen LogP contribution in [0.3, 0.4) is 0 Å². The van der Waals surface area contributed by atoms with Crippen LogP contribution in [0.25, 0.3) is 10.9 Å². The van der Waals surface area contributed by atoms with Crippen molar-refractivity contribution >= 4 is 40.3 Å². The van der Waals surface area contributed by atoms with Crippen molar-refractivity contribution in [2.45, 2.75) is 23.8 Å². The van der Waals surface area contributed by atoms with Gasteiger partial charge in [-0.25, -0.2) is 9.69 Å². The molecule has 1 N–H and O–H groups in total. The van der Waals surface area contributed by atoms with Crippen molar-refractivity contribution in [3.05, 3.63) is 53.7 Å². The van der Waals surface area contributed by atoms with Crippen LogP contribution in [-0.4, -0.2) is 41.7 Å². The Kier molecular flexibility index (Phi) is 3.93. The zero-order valence-electron chi connectivity index (χ0n) is 16.5. The number of hydrogen-bond donors (Lipinski definition) is 1. The minimum atomic E-state index is -1.05. The van der Waals surface area contributed by atoms with Crippen LogP contribution < -0.4 is 9.64 Å². The third-order valence-corrected chi connectivity index (χ3v) is 6.84. The van der Waals surface area contributed by atoms with E-state index in [1.165, 1.54) is 4.90 Å². The molecule has 7 heteroatoms. The Balaban J connectivity index is 1.64. The highest BCUT2D eigenvalue weighted by Crippen LogP contribution is 2.45. The van der Waals surface area contributed by atoms with Gasteiger partial charge in [-0.2, -0.15) is 0 Å². The van der Waals surface area contributed by atoms with Gasteiger partial charge in [0.2, 0.25) is 0 Å². The molecule has 1 unspecified atom stereocenters. The number of H-pyrrole nitrogens is 1. The van der Waals surface area contributed by atoms with Gasteiger partial charge < -0.3 is 14.6 Å². The van der Waals surface area contributed by atoms with Crippen molar-refractivity contribution in [2.75, 3.05) is 24.8 Å². The maximum absolute atomic E-state index is 13.6. The lowest BCUT2D eigenvalue weighted by Crippen LogP contribution is -2.49. The van der Waals surface area contributed by atoms with Crippen LogP contribution in [0.4, 0.5) is 10.5 Å². The molecule has 3 aromatic rings.